The SMILES string of the molecule is COc1cccc([C@H](C)[C@@H]2[C@@H]([C@@H](C)O[Si](C)(C)C(C)(C)C)C(=O)N2[C@@H](C)c2ccccc2)c1. The Labute approximate surface area is 201 Å². The number of carbonyl (C=O) groups excluding carboxylic acids is 1. The fraction of sp³-hybridized carbons (Fsp3) is 0.536. The Balaban J connectivity index is 1.95. The van der Waals surface area contributed by atoms with E-state index >= 15 is 0 Å². The number of ether oxygens (including phenoxy) is 1. The van der Waals surface area contributed by atoms with Crippen molar-refractivity contribution in [1.29, 1.82) is 0 Å². The summed E-state index contributed by atoms with van der Waals surface area (Å²) in [4.78, 5) is 15.7. The molecule has 5 atom stereocenters. The molecule has 3 rings (SSSR count). The van der Waals surface area contributed by atoms with Crippen LogP contribution < -0.4 is 4.74 Å². The van der Waals surface area contributed by atoms with Crippen molar-refractivity contribution >= 4 is 14.2 Å². The molecule has 1 fully saturated rings. The van der Waals surface area contributed by atoms with Crippen molar-refractivity contribution in [1.82, 2.24) is 4.90 Å². The van der Waals surface area contributed by atoms with E-state index < -0.39 is 8.32 Å². The van der Waals surface area contributed by atoms with Crippen molar-refractivity contribution in [2.45, 2.75) is 83.8 Å². The Kier molecular flexibility index (Phi) is 7.44. The molecular formula is C28H41NO3Si. The Hall–Kier alpha value is -2.11. The first kappa shape index (κ1) is 25.5. The molecule has 0 bridgehead atoms. The Bertz CT molecular complexity index is 953. The van der Waals surface area contributed by atoms with Crippen LogP contribution in [0.1, 0.15) is 64.6 Å². The van der Waals surface area contributed by atoms with Crippen LogP contribution >= 0.6 is 0 Å². The third-order valence-corrected chi connectivity index (χ3v) is 12.4. The molecule has 0 radical (unpaired) electrons. The van der Waals surface area contributed by atoms with Crippen LogP contribution in [0.5, 0.6) is 5.75 Å². The molecule has 0 spiro atoms. The van der Waals surface area contributed by atoms with Crippen molar-refractivity contribution in [2.75, 3.05) is 7.11 Å². The fourth-order valence-electron chi connectivity index (χ4n) is 4.76. The highest BCUT2D eigenvalue weighted by molar-refractivity contribution is 6.74. The van der Waals surface area contributed by atoms with Crippen LogP contribution in [0.2, 0.25) is 18.1 Å². The molecule has 33 heavy (non-hydrogen) atoms. The standard InChI is InChI=1S/C28H41NO3Si/c1-19(23-16-13-17-24(18-23)31-7)26-25(21(3)32-33(8,9)28(4,5)6)27(30)29(26)20(2)22-14-11-10-12-15-22/h10-21,25-26H,1-9H3/t19-,20-,21+,25+,26+/m0/s1. The summed E-state index contributed by atoms with van der Waals surface area (Å²) in [6, 6.07) is 18.6. The zero-order chi connectivity index (χ0) is 24.6. The normalized spacial score (nSPS) is 21.8. The lowest BCUT2D eigenvalue weighted by Gasteiger charge is -2.56. The minimum Gasteiger partial charge on any atom is -0.497 e. The maximum absolute atomic E-state index is 13.7. The van der Waals surface area contributed by atoms with Gasteiger partial charge in [-0.25, -0.2) is 0 Å². The van der Waals surface area contributed by atoms with Gasteiger partial charge in [0.2, 0.25) is 5.91 Å². The van der Waals surface area contributed by atoms with Crippen LogP contribution in [0, 0.1) is 5.92 Å². The van der Waals surface area contributed by atoms with Gasteiger partial charge in [0, 0.05) is 5.92 Å². The van der Waals surface area contributed by atoms with E-state index in [1.165, 1.54) is 5.56 Å². The first-order valence-electron chi connectivity index (χ1n) is 12.1. The minimum absolute atomic E-state index is 0.00748. The monoisotopic (exact) mass is 467 g/mol. The van der Waals surface area contributed by atoms with Gasteiger partial charge in [-0.3, -0.25) is 4.79 Å². The molecule has 0 N–H and O–H groups in total. The van der Waals surface area contributed by atoms with E-state index in [-0.39, 0.29) is 41.0 Å². The summed E-state index contributed by atoms with van der Waals surface area (Å²) in [6.45, 7) is 17.7. The summed E-state index contributed by atoms with van der Waals surface area (Å²) < 4.78 is 12.2. The van der Waals surface area contributed by atoms with Gasteiger partial charge in [-0.15, -0.1) is 0 Å². The van der Waals surface area contributed by atoms with E-state index in [1.54, 1.807) is 7.11 Å². The predicted molar refractivity (Wildman–Crippen MR) is 138 cm³/mol. The molecule has 2 aromatic rings. The number of β-lactam (4-membered cyclic amide) rings is 1. The average molecular weight is 468 g/mol. The summed E-state index contributed by atoms with van der Waals surface area (Å²) in [5, 5.41) is 0.0962. The molecule has 180 valence electrons. The molecule has 4 nitrogen and oxygen atoms in total. The molecule has 0 aromatic heterocycles. The zero-order valence-electron chi connectivity index (χ0n) is 21.8. The second-order valence-electron chi connectivity index (χ2n) is 11.0. The third-order valence-electron chi connectivity index (χ3n) is 7.85. The molecule has 1 heterocycles. The lowest BCUT2D eigenvalue weighted by Crippen LogP contribution is -2.67. The Morgan fingerprint density at radius 1 is 0.939 bits per heavy atom. The number of hydrogen-bond acceptors (Lipinski definition) is 3. The average Bonchev–Trinajstić information content (AvgIpc) is 2.76. The topological polar surface area (TPSA) is 38.8 Å². The van der Waals surface area contributed by atoms with Crippen LogP contribution in [-0.2, 0) is 9.22 Å². The zero-order valence-corrected chi connectivity index (χ0v) is 22.8. The molecule has 1 aliphatic heterocycles. The molecule has 1 aliphatic rings. The number of rotatable bonds is 8. The van der Waals surface area contributed by atoms with Gasteiger partial charge in [-0.05, 0) is 55.2 Å². The second kappa shape index (κ2) is 9.63. The minimum atomic E-state index is -2.00. The van der Waals surface area contributed by atoms with Gasteiger partial charge in [0.25, 0.3) is 0 Å². The first-order valence-corrected chi connectivity index (χ1v) is 15.0. The van der Waals surface area contributed by atoms with Crippen LogP contribution in [0.4, 0.5) is 0 Å². The van der Waals surface area contributed by atoms with Crippen LogP contribution in [0.25, 0.3) is 0 Å². The van der Waals surface area contributed by atoms with Gasteiger partial charge < -0.3 is 14.1 Å². The molecule has 1 amide bonds. The van der Waals surface area contributed by atoms with Crippen molar-refractivity contribution < 1.29 is 14.0 Å². The summed E-state index contributed by atoms with van der Waals surface area (Å²) in [5.74, 6) is 1.03. The van der Waals surface area contributed by atoms with Crippen LogP contribution in [0.3, 0.4) is 0 Å². The van der Waals surface area contributed by atoms with Crippen LogP contribution in [-0.4, -0.2) is 38.4 Å². The molecule has 2 aromatic carbocycles. The van der Waals surface area contributed by atoms with Gasteiger partial charge in [-0.2, -0.15) is 0 Å². The number of amides is 1. The first-order chi connectivity index (χ1) is 15.4. The smallest absolute Gasteiger partial charge is 0.231 e. The number of nitrogens with zero attached hydrogens (tertiary/aromatic N) is 1. The maximum atomic E-state index is 13.7. The van der Waals surface area contributed by atoms with Gasteiger partial charge >= 0.3 is 0 Å². The second-order valence-corrected chi connectivity index (χ2v) is 15.8. The van der Waals surface area contributed by atoms with Gasteiger partial charge in [-0.1, -0.05) is 70.2 Å². The number of benzene rings is 2. The van der Waals surface area contributed by atoms with E-state index in [1.807, 2.05) is 30.3 Å². The molecule has 5 heteroatoms. The molecule has 0 saturated carbocycles. The molecule has 1 saturated heterocycles. The highest BCUT2D eigenvalue weighted by Crippen LogP contribution is 2.47. The van der Waals surface area contributed by atoms with Gasteiger partial charge in [0.1, 0.15) is 5.75 Å². The van der Waals surface area contributed by atoms with E-state index in [0.29, 0.717) is 0 Å². The number of likely N-dealkylation sites (tertiary alicyclic amines) is 1. The summed E-state index contributed by atoms with van der Waals surface area (Å²) in [7, 11) is -0.312. The van der Waals surface area contributed by atoms with Crippen molar-refractivity contribution in [3.8, 4) is 5.75 Å². The summed E-state index contributed by atoms with van der Waals surface area (Å²) in [5.41, 5.74) is 2.34. The highest BCUT2D eigenvalue weighted by atomic mass is 28.4. The van der Waals surface area contributed by atoms with Crippen molar-refractivity contribution in [3.05, 3.63) is 65.7 Å². The van der Waals surface area contributed by atoms with E-state index in [0.717, 1.165) is 11.3 Å². The fourth-order valence-corrected chi connectivity index (χ4v) is 6.19. The third kappa shape index (κ3) is 5.04. The number of methoxy groups -OCH3 is 1. The maximum Gasteiger partial charge on any atom is 0.231 e. The summed E-state index contributed by atoms with van der Waals surface area (Å²) in [6.07, 6.45) is -0.129. The Morgan fingerprint density at radius 3 is 2.12 bits per heavy atom. The quantitative estimate of drug-likeness (QED) is 0.317. The predicted octanol–water partition coefficient (Wildman–Crippen LogP) is 6.80. The number of hydrogen-bond donors (Lipinski definition) is 0. The highest BCUT2D eigenvalue weighted by Gasteiger charge is 2.55. The number of carbonyl (C=O) groups is 1. The van der Waals surface area contributed by atoms with Gasteiger partial charge in [0.05, 0.1) is 31.2 Å². The van der Waals surface area contributed by atoms with Crippen molar-refractivity contribution in [2.24, 2.45) is 5.92 Å². The molecular weight excluding hydrogens is 426 g/mol. The van der Waals surface area contributed by atoms with E-state index in [2.05, 4.69) is 83.8 Å². The molecule has 0 unspecified atom stereocenters. The molecule has 0 aliphatic carbocycles. The van der Waals surface area contributed by atoms with E-state index in [9.17, 15) is 4.79 Å². The summed E-state index contributed by atoms with van der Waals surface area (Å²) >= 11 is 0. The van der Waals surface area contributed by atoms with Gasteiger partial charge in [0.15, 0.2) is 8.32 Å². The largest absolute Gasteiger partial charge is 0.497 e. The van der Waals surface area contributed by atoms with Crippen molar-refractivity contribution in [3.63, 3.8) is 0 Å². The Morgan fingerprint density at radius 2 is 1.55 bits per heavy atom. The lowest BCUT2D eigenvalue weighted by atomic mass is 9.73. The van der Waals surface area contributed by atoms with E-state index in [4.69, 9.17) is 9.16 Å². The lowest BCUT2D eigenvalue weighted by molar-refractivity contribution is -0.170. The van der Waals surface area contributed by atoms with Crippen LogP contribution in [0.15, 0.2) is 54.6 Å².